The number of rotatable bonds is 16. The molecule has 0 saturated heterocycles. The monoisotopic (exact) mass is 380 g/mol. The van der Waals surface area contributed by atoms with Crippen molar-refractivity contribution in [3.63, 3.8) is 0 Å². The lowest BCUT2D eigenvalue weighted by Crippen LogP contribution is -2.13. The zero-order chi connectivity index (χ0) is 19.7. The SMILES string of the molecule is CCCCCCCCOC(=O)c1cocc1C(=O)OCCCCCCCC. The van der Waals surface area contributed by atoms with Crippen LogP contribution in [0.5, 0.6) is 0 Å². The van der Waals surface area contributed by atoms with Gasteiger partial charge in [-0.1, -0.05) is 78.1 Å². The Labute approximate surface area is 163 Å². The molecule has 0 aliphatic heterocycles. The van der Waals surface area contributed by atoms with E-state index in [2.05, 4.69) is 13.8 Å². The van der Waals surface area contributed by atoms with Gasteiger partial charge >= 0.3 is 11.9 Å². The Balaban J connectivity index is 2.25. The third-order valence-corrected chi connectivity index (χ3v) is 4.56. The van der Waals surface area contributed by atoms with E-state index >= 15 is 0 Å². The highest BCUT2D eigenvalue weighted by atomic mass is 16.5. The zero-order valence-electron chi connectivity index (χ0n) is 17.1. The van der Waals surface area contributed by atoms with Crippen LogP contribution >= 0.6 is 0 Å². The highest BCUT2D eigenvalue weighted by molar-refractivity contribution is 6.02. The number of hydrogen-bond acceptors (Lipinski definition) is 5. The third kappa shape index (κ3) is 10.2. The Hall–Kier alpha value is -1.78. The number of carbonyl (C=O) groups excluding carboxylic acids is 2. The fourth-order valence-corrected chi connectivity index (χ4v) is 2.86. The molecule has 0 aromatic carbocycles. The highest BCUT2D eigenvalue weighted by Crippen LogP contribution is 2.15. The maximum absolute atomic E-state index is 12.2. The number of unbranched alkanes of at least 4 members (excludes halogenated alkanes) is 10. The molecule has 1 aromatic rings. The van der Waals surface area contributed by atoms with Gasteiger partial charge in [-0.05, 0) is 12.8 Å². The van der Waals surface area contributed by atoms with E-state index < -0.39 is 11.9 Å². The standard InChI is InChI=1S/C22H36O5/c1-3-5-7-9-11-13-15-26-21(23)19-17-25-18-20(19)22(24)27-16-14-12-10-8-6-4-2/h17-18H,3-16H2,1-2H3. The van der Waals surface area contributed by atoms with E-state index in [0.717, 1.165) is 38.5 Å². The van der Waals surface area contributed by atoms with E-state index in [4.69, 9.17) is 13.9 Å². The summed E-state index contributed by atoms with van der Waals surface area (Å²) in [6.07, 6.45) is 16.0. The van der Waals surface area contributed by atoms with Gasteiger partial charge in [-0.15, -0.1) is 0 Å². The molecule has 0 amide bonds. The van der Waals surface area contributed by atoms with Crippen LogP contribution < -0.4 is 0 Å². The van der Waals surface area contributed by atoms with E-state index in [1.807, 2.05) is 0 Å². The van der Waals surface area contributed by atoms with Crippen LogP contribution in [0.4, 0.5) is 0 Å². The fourth-order valence-electron chi connectivity index (χ4n) is 2.86. The molecule has 0 saturated carbocycles. The van der Waals surface area contributed by atoms with Crippen LogP contribution in [-0.4, -0.2) is 25.2 Å². The minimum Gasteiger partial charge on any atom is -0.471 e. The average Bonchev–Trinajstić information content (AvgIpc) is 3.16. The lowest BCUT2D eigenvalue weighted by Gasteiger charge is -2.06. The first-order chi connectivity index (χ1) is 13.2. The lowest BCUT2D eigenvalue weighted by atomic mass is 10.1. The van der Waals surface area contributed by atoms with Crippen molar-refractivity contribution in [1.82, 2.24) is 0 Å². The molecular formula is C22H36O5. The summed E-state index contributed by atoms with van der Waals surface area (Å²) in [4.78, 5) is 24.3. The summed E-state index contributed by atoms with van der Waals surface area (Å²) in [5, 5.41) is 0. The van der Waals surface area contributed by atoms with Crippen LogP contribution in [0.2, 0.25) is 0 Å². The third-order valence-electron chi connectivity index (χ3n) is 4.56. The first-order valence-corrected chi connectivity index (χ1v) is 10.6. The van der Waals surface area contributed by atoms with Gasteiger partial charge in [-0.3, -0.25) is 0 Å². The minimum absolute atomic E-state index is 0.147. The molecule has 0 bridgehead atoms. The lowest BCUT2D eigenvalue weighted by molar-refractivity contribution is 0.0452. The molecule has 0 spiro atoms. The van der Waals surface area contributed by atoms with Crippen molar-refractivity contribution in [2.45, 2.75) is 90.9 Å². The van der Waals surface area contributed by atoms with Crippen molar-refractivity contribution in [1.29, 1.82) is 0 Å². The van der Waals surface area contributed by atoms with E-state index in [1.54, 1.807) is 0 Å². The van der Waals surface area contributed by atoms with E-state index in [1.165, 1.54) is 51.1 Å². The number of carbonyl (C=O) groups is 2. The number of furan rings is 1. The average molecular weight is 381 g/mol. The van der Waals surface area contributed by atoms with Gasteiger partial charge in [0.25, 0.3) is 0 Å². The summed E-state index contributed by atoms with van der Waals surface area (Å²) >= 11 is 0. The Kier molecular flexibility index (Phi) is 13.2. The molecule has 154 valence electrons. The smallest absolute Gasteiger partial charge is 0.342 e. The van der Waals surface area contributed by atoms with Gasteiger partial charge in [-0.25, -0.2) is 9.59 Å². The van der Waals surface area contributed by atoms with Crippen LogP contribution in [0, 0.1) is 0 Å². The summed E-state index contributed by atoms with van der Waals surface area (Å²) in [5.41, 5.74) is 0.294. The van der Waals surface area contributed by atoms with Crippen molar-refractivity contribution in [2.24, 2.45) is 0 Å². The number of hydrogen-bond donors (Lipinski definition) is 0. The van der Waals surface area contributed by atoms with E-state index in [9.17, 15) is 9.59 Å². The van der Waals surface area contributed by atoms with E-state index in [-0.39, 0.29) is 11.1 Å². The Morgan fingerprint density at radius 2 is 1.04 bits per heavy atom. The fraction of sp³-hybridized carbons (Fsp3) is 0.727. The van der Waals surface area contributed by atoms with Gasteiger partial charge in [0.05, 0.1) is 13.2 Å². The Morgan fingerprint density at radius 1 is 0.667 bits per heavy atom. The Morgan fingerprint density at radius 3 is 1.44 bits per heavy atom. The van der Waals surface area contributed by atoms with Gasteiger partial charge in [0.2, 0.25) is 0 Å². The van der Waals surface area contributed by atoms with Gasteiger partial charge in [0.15, 0.2) is 0 Å². The summed E-state index contributed by atoms with van der Waals surface area (Å²) in [5.74, 6) is -1.05. The quantitative estimate of drug-likeness (QED) is 0.248. The molecule has 0 unspecified atom stereocenters. The van der Waals surface area contributed by atoms with E-state index in [0.29, 0.717) is 13.2 Å². The van der Waals surface area contributed by atoms with Crippen molar-refractivity contribution in [3.8, 4) is 0 Å². The summed E-state index contributed by atoms with van der Waals surface area (Å²) in [7, 11) is 0. The van der Waals surface area contributed by atoms with Gasteiger partial charge in [0, 0.05) is 0 Å². The largest absolute Gasteiger partial charge is 0.471 e. The van der Waals surface area contributed by atoms with Crippen molar-refractivity contribution < 1.29 is 23.5 Å². The normalized spacial score (nSPS) is 10.7. The van der Waals surface area contributed by atoms with Crippen LogP contribution in [0.15, 0.2) is 16.9 Å². The maximum atomic E-state index is 12.2. The topological polar surface area (TPSA) is 65.7 Å². The zero-order valence-corrected chi connectivity index (χ0v) is 17.1. The van der Waals surface area contributed by atoms with Gasteiger partial charge in [0.1, 0.15) is 23.7 Å². The molecule has 5 heteroatoms. The molecule has 1 heterocycles. The summed E-state index contributed by atoms with van der Waals surface area (Å²) in [6, 6.07) is 0. The van der Waals surface area contributed by atoms with Crippen LogP contribution in [0.1, 0.15) is 112 Å². The molecule has 27 heavy (non-hydrogen) atoms. The summed E-state index contributed by atoms with van der Waals surface area (Å²) in [6.45, 7) is 5.09. The maximum Gasteiger partial charge on any atom is 0.342 e. The van der Waals surface area contributed by atoms with Gasteiger partial charge in [-0.2, -0.15) is 0 Å². The molecule has 0 N–H and O–H groups in total. The highest BCUT2D eigenvalue weighted by Gasteiger charge is 2.22. The summed E-state index contributed by atoms with van der Waals surface area (Å²) < 4.78 is 15.5. The molecule has 1 aromatic heterocycles. The number of esters is 2. The molecule has 0 aliphatic carbocycles. The molecule has 1 rings (SSSR count). The van der Waals surface area contributed by atoms with Crippen LogP contribution in [0.3, 0.4) is 0 Å². The first kappa shape index (κ1) is 23.3. The van der Waals surface area contributed by atoms with Crippen molar-refractivity contribution in [2.75, 3.05) is 13.2 Å². The Bertz CT molecular complexity index is 476. The van der Waals surface area contributed by atoms with Crippen LogP contribution in [0.25, 0.3) is 0 Å². The molecule has 0 fully saturated rings. The second-order valence-electron chi connectivity index (χ2n) is 7.01. The van der Waals surface area contributed by atoms with Gasteiger partial charge < -0.3 is 13.9 Å². The predicted octanol–water partition coefficient (Wildman–Crippen LogP) is 6.31. The molecule has 5 nitrogen and oxygen atoms in total. The molecule has 0 aliphatic rings. The number of ether oxygens (including phenoxy) is 2. The molecule has 0 radical (unpaired) electrons. The second kappa shape index (κ2) is 15.3. The first-order valence-electron chi connectivity index (χ1n) is 10.6. The molecular weight excluding hydrogens is 344 g/mol. The second-order valence-corrected chi connectivity index (χ2v) is 7.01. The minimum atomic E-state index is -0.524. The van der Waals surface area contributed by atoms with Crippen molar-refractivity contribution >= 4 is 11.9 Å². The predicted molar refractivity (Wildman–Crippen MR) is 106 cm³/mol. The van der Waals surface area contributed by atoms with Crippen molar-refractivity contribution in [3.05, 3.63) is 23.7 Å². The van der Waals surface area contributed by atoms with Crippen LogP contribution in [-0.2, 0) is 9.47 Å². The molecule has 0 atom stereocenters.